The van der Waals surface area contributed by atoms with Crippen molar-refractivity contribution >= 4 is 0 Å². The zero-order valence-electron chi connectivity index (χ0n) is 17.4. The van der Waals surface area contributed by atoms with Gasteiger partial charge in [0.05, 0.1) is 16.7 Å². The van der Waals surface area contributed by atoms with Gasteiger partial charge in [0.15, 0.2) is 0 Å². The molecule has 1 aliphatic heterocycles. The number of rotatable bonds is 4. The van der Waals surface area contributed by atoms with Crippen molar-refractivity contribution in [1.29, 1.82) is 5.26 Å². The van der Waals surface area contributed by atoms with Crippen molar-refractivity contribution in [3.8, 4) is 23.8 Å². The van der Waals surface area contributed by atoms with Crippen LogP contribution in [0.3, 0.4) is 0 Å². The van der Waals surface area contributed by atoms with Crippen molar-refractivity contribution in [1.82, 2.24) is 10.2 Å². The summed E-state index contributed by atoms with van der Waals surface area (Å²) in [4.78, 5) is 0. The third-order valence-corrected chi connectivity index (χ3v) is 5.41. The van der Waals surface area contributed by atoms with Crippen molar-refractivity contribution in [3.63, 3.8) is 0 Å². The first-order chi connectivity index (χ1) is 13.9. The Morgan fingerprint density at radius 1 is 1.28 bits per heavy atom. The summed E-state index contributed by atoms with van der Waals surface area (Å²) >= 11 is 0. The van der Waals surface area contributed by atoms with Gasteiger partial charge in [-0.05, 0) is 56.0 Å². The Kier molecular flexibility index (Phi) is 5.68. The van der Waals surface area contributed by atoms with Gasteiger partial charge in [0.1, 0.15) is 11.6 Å². The Morgan fingerprint density at radius 3 is 2.69 bits per heavy atom. The van der Waals surface area contributed by atoms with E-state index in [1.807, 2.05) is 13.8 Å². The highest BCUT2D eigenvalue weighted by molar-refractivity contribution is 5.63. The monoisotopic (exact) mass is 389 g/mol. The van der Waals surface area contributed by atoms with Gasteiger partial charge < -0.3 is 16.2 Å². The first kappa shape index (κ1) is 20.5. The summed E-state index contributed by atoms with van der Waals surface area (Å²) in [5, 5.41) is 17.3. The second kappa shape index (κ2) is 8.03. The number of allylic oxidation sites excluding steroid dienone is 1. The Bertz CT molecular complexity index is 1060. The number of H-pyrrole nitrogens is 1. The van der Waals surface area contributed by atoms with Gasteiger partial charge in [-0.1, -0.05) is 31.8 Å². The molecule has 1 aliphatic rings. The SMILES string of the molecule is Cc1cc(C#CCCCN)cc(C2(C(C)C)C(C#N)=C(N)Oc3[nH]nc(C)c32)c1. The fourth-order valence-corrected chi connectivity index (χ4v) is 4.21. The summed E-state index contributed by atoms with van der Waals surface area (Å²) in [6.07, 6.45) is 1.62. The molecule has 29 heavy (non-hydrogen) atoms. The molecule has 2 aromatic rings. The smallest absolute Gasteiger partial charge is 0.222 e. The molecule has 2 heterocycles. The molecule has 150 valence electrons. The molecule has 6 heteroatoms. The summed E-state index contributed by atoms with van der Waals surface area (Å²) < 4.78 is 5.71. The van der Waals surface area contributed by atoms with E-state index >= 15 is 0 Å². The number of hydrogen-bond donors (Lipinski definition) is 3. The lowest BCUT2D eigenvalue weighted by Crippen LogP contribution is -2.41. The summed E-state index contributed by atoms with van der Waals surface area (Å²) in [6.45, 7) is 8.74. The first-order valence-electron chi connectivity index (χ1n) is 9.80. The molecule has 0 spiro atoms. The molecule has 0 fully saturated rings. The van der Waals surface area contributed by atoms with E-state index in [1.165, 1.54) is 0 Å². The maximum Gasteiger partial charge on any atom is 0.222 e. The molecule has 1 aromatic heterocycles. The van der Waals surface area contributed by atoms with Crippen molar-refractivity contribution in [3.05, 3.63) is 57.6 Å². The standard InChI is InChI=1S/C23H27N5O/c1-14(2)23(18-11-15(3)10-17(12-18)8-6-5-7-9-24)19(13-25)21(26)29-22-20(23)16(4)27-28-22/h10-12,14H,5,7,9,24,26H2,1-4H3,(H,27,28). The highest BCUT2D eigenvalue weighted by atomic mass is 16.5. The van der Waals surface area contributed by atoms with Gasteiger partial charge in [0.2, 0.25) is 11.8 Å². The number of nitrogens with one attached hydrogen (secondary N) is 1. The van der Waals surface area contributed by atoms with E-state index in [0.29, 0.717) is 18.0 Å². The average Bonchev–Trinajstić information content (AvgIpc) is 3.04. The number of nitrogens with zero attached hydrogens (tertiary/aromatic N) is 2. The summed E-state index contributed by atoms with van der Waals surface area (Å²) in [5.74, 6) is 7.05. The molecule has 0 amide bonds. The van der Waals surface area contributed by atoms with E-state index in [-0.39, 0.29) is 11.8 Å². The Hall–Kier alpha value is -3.22. The van der Waals surface area contributed by atoms with E-state index < -0.39 is 5.41 Å². The molecular weight excluding hydrogens is 362 g/mol. The second-order valence-electron chi connectivity index (χ2n) is 7.71. The highest BCUT2D eigenvalue weighted by Crippen LogP contribution is 2.52. The molecule has 1 aromatic carbocycles. The van der Waals surface area contributed by atoms with E-state index in [9.17, 15) is 5.26 Å². The molecule has 0 aliphatic carbocycles. The van der Waals surface area contributed by atoms with Crippen LogP contribution in [0.25, 0.3) is 0 Å². The molecule has 1 unspecified atom stereocenters. The quantitative estimate of drug-likeness (QED) is 0.549. The minimum absolute atomic E-state index is 0.0227. The fourth-order valence-electron chi connectivity index (χ4n) is 4.21. The molecule has 0 bridgehead atoms. The van der Waals surface area contributed by atoms with Crippen molar-refractivity contribution in [2.45, 2.75) is 46.0 Å². The predicted molar refractivity (Wildman–Crippen MR) is 113 cm³/mol. The number of aromatic amines is 1. The van der Waals surface area contributed by atoms with Crippen LogP contribution in [0.15, 0.2) is 29.7 Å². The number of ether oxygens (including phenoxy) is 1. The maximum absolute atomic E-state index is 10.1. The van der Waals surface area contributed by atoms with Crippen LogP contribution in [0.5, 0.6) is 5.88 Å². The Morgan fingerprint density at radius 2 is 2.03 bits per heavy atom. The maximum atomic E-state index is 10.1. The zero-order chi connectivity index (χ0) is 21.2. The van der Waals surface area contributed by atoms with E-state index in [1.54, 1.807) is 0 Å². The minimum Gasteiger partial charge on any atom is -0.422 e. The van der Waals surface area contributed by atoms with Gasteiger partial charge in [-0.3, -0.25) is 0 Å². The van der Waals surface area contributed by atoms with Crippen molar-refractivity contribution in [2.24, 2.45) is 17.4 Å². The Balaban J connectivity index is 2.30. The normalized spacial score (nSPS) is 18.0. The molecule has 0 saturated carbocycles. The molecule has 0 radical (unpaired) electrons. The average molecular weight is 390 g/mol. The van der Waals surface area contributed by atoms with Crippen LogP contribution in [-0.4, -0.2) is 16.7 Å². The number of aromatic nitrogens is 2. The van der Waals surface area contributed by atoms with Gasteiger partial charge >= 0.3 is 0 Å². The molecular formula is C23H27N5O. The summed E-state index contributed by atoms with van der Waals surface area (Å²) in [6, 6.07) is 8.51. The third kappa shape index (κ3) is 3.37. The van der Waals surface area contributed by atoms with Crippen LogP contribution < -0.4 is 16.2 Å². The zero-order valence-corrected chi connectivity index (χ0v) is 17.4. The van der Waals surface area contributed by atoms with Gasteiger partial charge in [0.25, 0.3) is 0 Å². The fraction of sp³-hybridized carbons (Fsp3) is 0.391. The molecule has 1 atom stereocenters. The van der Waals surface area contributed by atoms with Crippen LogP contribution in [0, 0.1) is 42.9 Å². The molecule has 5 N–H and O–H groups in total. The number of aryl methyl sites for hydroxylation is 2. The lowest BCUT2D eigenvalue weighted by Gasteiger charge is -2.41. The van der Waals surface area contributed by atoms with Crippen molar-refractivity contribution < 1.29 is 4.74 Å². The van der Waals surface area contributed by atoms with Crippen LogP contribution in [0.4, 0.5) is 0 Å². The summed E-state index contributed by atoms with van der Waals surface area (Å²) in [5.41, 5.74) is 16.0. The second-order valence-corrected chi connectivity index (χ2v) is 7.71. The van der Waals surface area contributed by atoms with Gasteiger partial charge in [0, 0.05) is 12.0 Å². The van der Waals surface area contributed by atoms with Crippen LogP contribution in [-0.2, 0) is 5.41 Å². The topological polar surface area (TPSA) is 114 Å². The minimum atomic E-state index is -0.775. The number of nitriles is 1. The lowest BCUT2D eigenvalue weighted by atomic mass is 9.61. The number of fused-ring (bicyclic) bond motifs is 1. The van der Waals surface area contributed by atoms with E-state index in [2.05, 4.69) is 60.2 Å². The van der Waals surface area contributed by atoms with Crippen LogP contribution in [0.2, 0.25) is 0 Å². The van der Waals surface area contributed by atoms with Crippen molar-refractivity contribution in [2.75, 3.05) is 6.54 Å². The largest absolute Gasteiger partial charge is 0.422 e. The molecule has 6 nitrogen and oxygen atoms in total. The Labute approximate surface area is 171 Å². The van der Waals surface area contributed by atoms with Crippen LogP contribution >= 0.6 is 0 Å². The van der Waals surface area contributed by atoms with E-state index in [4.69, 9.17) is 16.2 Å². The van der Waals surface area contributed by atoms with E-state index in [0.717, 1.165) is 40.8 Å². The highest BCUT2D eigenvalue weighted by Gasteiger charge is 2.50. The third-order valence-electron chi connectivity index (χ3n) is 5.41. The predicted octanol–water partition coefficient (Wildman–Crippen LogP) is 3.15. The van der Waals surface area contributed by atoms with Gasteiger partial charge in [-0.25, -0.2) is 5.10 Å². The molecule has 3 rings (SSSR count). The lowest BCUT2D eigenvalue weighted by molar-refractivity contribution is 0.323. The number of hydrogen-bond acceptors (Lipinski definition) is 5. The first-order valence-corrected chi connectivity index (χ1v) is 9.80. The number of benzene rings is 1. The van der Waals surface area contributed by atoms with Gasteiger partial charge in [-0.15, -0.1) is 0 Å². The van der Waals surface area contributed by atoms with Gasteiger partial charge in [-0.2, -0.15) is 10.4 Å². The van der Waals surface area contributed by atoms with Crippen LogP contribution in [0.1, 0.15) is 54.6 Å². The number of nitrogens with two attached hydrogens (primary N) is 2. The molecule has 0 saturated heterocycles. The summed E-state index contributed by atoms with van der Waals surface area (Å²) in [7, 11) is 0. The number of unbranched alkanes of at least 4 members (excludes halogenated alkanes) is 1.